The number of carbonyl (C=O) groups is 3. The Bertz CT molecular complexity index is 1740. The Balaban J connectivity index is 1.36. The number of benzene rings is 3. The van der Waals surface area contributed by atoms with Gasteiger partial charge in [0, 0.05) is 26.5 Å². The Hall–Kier alpha value is -3.81. The highest BCUT2D eigenvalue weighted by Gasteiger charge is 2.56. The van der Waals surface area contributed by atoms with Crippen LogP contribution < -0.4 is 19.8 Å². The molecular weight excluding hydrogens is 640 g/mol. The Labute approximate surface area is 247 Å². The molecule has 2 aliphatic heterocycles. The minimum atomic E-state index is -0.902. The van der Waals surface area contributed by atoms with Crippen LogP contribution in [0.15, 0.2) is 81.0 Å². The van der Waals surface area contributed by atoms with Gasteiger partial charge < -0.3 is 15.0 Å². The van der Waals surface area contributed by atoms with Crippen LogP contribution in [-0.4, -0.2) is 34.6 Å². The third-order valence-corrected chi connectivity index (χ3v) is 9.60. The quantitative estimate of drug-likeness (QED) is 0.273. The van der Waals surface area contributed by atoms with Crippen molar-refractivity contribution in [2.75, 3.05) is 16.8 Å². The van der Waals surface area contributed by atoms with E-state index in [4.69, 9.17) is 4.74 Å². The molecule has 1 saturated heterocycles. The van der Waals surface area contributed by atoms with E-state index < -0.39 is 53.0 Å². The number of aromatic amines is 1. The smallest absolute Gasteiger partial charge is 0.305 e. The van der Waals surface area contributed by atoms with Gasteiger partial charge in [0.25, 0.3) is 5.91 Å². The highest BCUT2D eigenvalue weighted by Crippen LogP contribution is 2.54. The summed E-state index contributed by atoms with van der Waals surface area (Å²) in [6.07, 6.45) is 0. The van der Waals surface area contributed by atoms with Gasteiger partial charge in [0.2, 0.25) is 11.8 Å². The summed E-state index contributed by atoms with van der Waals surface area (Å²) in [4.78, 5) is 56.6. The summed E-state index contributed by atoms with van der Waals surface area (Å²) in [5.41, 5.74) is 1.14. The fourth-order valence-electron chi connectivity index (χ4n) is 4.96. The summed E-state index contributed by atoms with van der Waals surface area (Å²) < 4.78 is 33.4. The van der Waals surface area contributed by atoms with E-state index in [0.717, 1.165) is 28.0 Å². The molecule has 3 aromatic carbocycles. The van der Waals surface area contributed by atoms with E-state index >= 15 is 0 Å². The molecule has 0 spiro atoms. The SMILES string of the molecule is O=C(COc1ccc(Br)cc1C1c2sc(=O)[nH]c2SC2C(=O)N(c3ccc(F)cc3)C(=O)C21)Nc1ccc(F)cc1. The van der Waals surface area contributed by atoms with E-state index in [9.17, 15) is 28.0 Å². The van der Waals surface area contributed by atoms with Crippen molar-refractivity contribution in [2.24, 2.45) is 5.92 Å². The molecule has 0 radical (unpaired) electrons. The lowest BCUT2D eigenvalue weighted by molar-refractivity contribution is -0.122. The zero-order valence-electron chi connectivity index (χ0n) is 20.7. The van der Waals surface area contributed by atoms with E-state index in [2.05, 4.69) is 26.2 Å². The first-order valence-electron chi connectivity index (χ1n) is 12.2. The molecule has 1 aromatic heterocycles. The summed E-state index contributed by atoms with van der Waals surface area (Å²) in [6.45, 7) is -0.396. The van der Waals surface area contributed by atoms with E-state index in [1.807, 2.05) is 0 Å². The van der Waals surface area contributed by atoms with Crippen molar-refractivity contribution >= 4 is 68.1 Å². The summed E-state index contributed by atoms with van der Waals surface area (Å²) in [6, 6.07) is 15.4. The third kappa shape index (κ3) is 5.20. The normalized spacial score (nSPS) is 19.6. The molecule has 6 rings (SSSR count). The zero-order valence-corrected chi connectivity index (χ0v) is 23.9. The predicted octanol–water partition coefficient (Wildman–Crippen LogP) is 5.29. The number of halogens is 3. The summed E-state index contributed by atoms with van der Waals surface area (Å²) in [5, 5.41) is 2.25. The van der Waals surface area contributed by atoms with Gasteiger partial charge in [-0.15, -0.1) is 0 Å². The van der Waals surface area contributed by atoms with Crippen molar-refractivity contribution in [1.82, 2.24) is 4.98 Å². The first-order valence-corrected chi connectivity index (χ1v) is 14.7. The van der Waals surface area contributed by atoms with Gasteiger partial charge in [-0.25, -0.2) is 13.7 Å². The number of amides is 3. The maximum absolute atomic E-state index is 13.9. The molecule has 13 heteroatoms. The Morgan fingerprint density at radius 3 is 2.37 bits per heavy atom. The number of thioether (sulfide) groups is 1. The molecule has 208 valence electrons. The number of anilines is 2. The number of hydrogen-bond acceptors (Lipinski definition) is 7. The molecule has 41 heavy (non-hydrogen) atoms. The van der Waals surface area contributed by atoms with Gasteiger partial charge in [-0.2, -0.15) is 0 Å². The topological polar surface area (TPSA) is 109 Å². The summed E-state index contributed by atoms with van der Waals surface area (Å²) >= 11 is 5.52. The number of ether oxygens (including phenoxy) is 1. The number of nitrogens with zero attached hydrogens (tertiary/aromatic N) is 1. The van der Waals surface area contributed by atoms with Gasteiger partial charge in [-0.1, -0.05) is 39.0 Å². The fraction of sp³-hybridized carbons (Fsp3) is 0.143. The maximum Gasteiger partial charge on any atom is 0.305 e. The van der Waals surface area contributed by atoms with Gasteiger partial charge in [0.15, 0.2) is 6.61 Å². The van der Waals surface area contributed by atoms with E-state index in [1.54, 1.807) is 18.2 Å². The van der Waals surface area contributed by atoms with Gasteiger partial charge in [0.1, 0.15) is 22.6 Å². The van der Waals surface area contributed by atoms with E-state index in [0.29, 0.717) is 25.6 Å². The molecule has 2 aliphatic rings. The van der Waals surface area contributed by atoms with Crippen LogP contribution >= 0.6 is 39.0 Å². The maximum atomic E-state index is 13.9. The fourth-order valence-corrected chi connectivity index (χ4v) is 7.85. The van der Waals surface area contributed by atoms with E-state index in [1.165, 1.54) is 48.5 Å². The van der Waals surface area contributed by atoms with Crippen LogP contribution in [0.2, 0.25) is 0 Å². The van der Waals surface area contributed by atoms with Crippen molar-refractivity contribution < 1.29 is 27.9 Å². The van der Waals surface area contributed by atoms with Crippen LogP contribution in [-0.2, 0) is 14.4 Å². The molecule has 0 bridgehead atoms. The second-order valence-corrected chi connectivity index (χ2v) is 12.3. The first-order chi connectivity index (χ1) is 19.7. The van der Waals surface area contributed by atoms with Crippen molar-refractivity contribution in [2.45, 2.75) is 16.2 Å². The van der Waals surface area contributed by atoms with Crippen LogP contribution in [0.4, 0.5) is 20.2 Å². The Morgan fingerprint density at radius 1 is 0.976 bits per heavy atom. The molecule has 4 aromatic rings. The number of hydrogen-bond donors (Lipinski definition) is 2. The minimum Gasteiger partial charge on any atom is -0.483 e. The van der Waals surface area contributed by atoms with Crippen molar-refractivity contribution in [1.29, 1.82) is 0 Å². The number of H-pyrrole nitrogens is 1. The number of fused-ring (bicyclic) bond motifs is 2. The van der Waals surface area contributed by atoms with Gasteiger partial charge >= 0.3 is 4.87 Å². The highest BCUT2D eigenvalue weighted by atomic mass is 79.9. The third-order valence-electron chi connectivity index (χ3n) is 6.70. The molecule has 1 fully saturated rings. The second kappa shape index (κ2) is 10.9. The molecule has 0 aliphatic carbocycles. The van der Waals surface area contributed by atoms with Crippen molar-refractivity contribution in [3.05, 3.63) is 103 Å². The van der Waals surface area contributed by atoms with Crippen LogP contribution in [0.3, 0.4) is 0 Å². The Morgan fingerprint density at radius 2 is 1.66 bits per heavy atom. The average molecular weight is 659 g/mol. The van der Waals surface area contributed by atoms with E-state index in [-0.39, 0.29) is 16.3 Å². The molecule has 3 atom stereocenters. The molecule has 3 amide bonds. The number of nitrogens with one attached hydrogen (secondary N) is 2. The molecule has 3 heterocycles. The Kier molecular flexibility index (Phi) is 7.26. The lowest BCUT2D eigenvalue weighted by atomic mass is 9.82. The molecule has 3 unspecified atom stereocenters. The average Bonchev–Trinajstić information content (AvgIpc) is 3.44. The zero-order chi connectivity index (χ0) is 28.8. The summed E-state index contributed by atoms with van der Waals surface area (Å²) in [5.74, 6) is -3.78. The van der Waals surface area contributed by atoms with Gasteiger partial charge in [-0.3, -0.25) is 19.2 Å². The monoisotopic (exact) mass is 657 g/mol. The molecule has 2 N–H and O–H groups in total. The molecular formula is C28H18BrF2N3O5S2. The van der Waals surface area contributed by atoms with Crippen LogP contribution in [0.5, 0.6) is 5.75 Å². The lowest BCUT2D eigenvalue weighted by Gasteiger charge is -2.31. The summed E-state index contributed by atoms with van der Waals surface area (Å²) in [7, 11) is 0. The lowest BCUT2D eigenvalue weighted by Crippen LogP contribution is -2.32. The number of carbonyl (C=O) groups excluding carboxylic acids is 3. The first kappa shape index (κ1) is 27.4. The van der Waals surface area contributed by atoms with Crippen molar-refractivity contribution in [3.63, 3.8) is 0 Å². The standard InChI is InChI=1S/C28H18BrF2N3O5S2/c29-13-1-10-19(39-12-20(35)32-16-6-2-14(30)3-7-16)18(11-13)21-22-24(40-25-23(21)41-28(38)33-25)27(37)34(26(22)36)17-8-4-15(31)5-9-17/h1-11,21-22,24H,12H2,(H,32,35)(H,33,38). The van der Waals surface area contributed by atoms with Crippen LogP contribution in [0, 0.1) is 17.6 Å². The van der Waals surface area contributed by atoms with Gasteiger partial charge in [0.05, 0.1) is 16.6 Å². The molecule has 0 saturated carbocycles. The van der Waals surface area contributed by atoms with Crippen molar-refractivity contribution in [3.8, 4) is 5.75 Å². The number of rotatable bonds is 6. The minimum absolute atomic E-state index is 0.246. The van der Waals surface area contributed by atoms with Crippen LogP contribution in [0.25, 0.3) is 0 Å². The number of aromatic nitrogens is 1. The molecule has 8 nitrogen and oxygen atoms in total. The largest absolute Gasteiger partial charge is 0.483 e. The predicted molar refractivity (Wildman–Crippen MR) is 153 cm³/mol. The number of thiazole rings is 1. The van der Waals surface area contributed by atoms with Crippen LogP contribution in [0.1, 0.15) is 16.4 Å². The highest BCUT2D eigenvalue weighted by molar-refractivity contribution is 9.10. The van der Waals surface area contributed by atoms with Gasteiger partial charge in [-0.05, 0) is 66.7 Å². The second-order valence-electron chi connectivity index (χ2n) is 9.26. The number of imide groups is 1.